The van der Waals surface area contributed by atoms with Crippen LogP contribution in [0.4, 0.5) is 13.2 Å². The number of halogens is 3. The molecule has 0 amide bonds. The van der Waals surface area contributed by atoms with E-state index in [2.05, 4.69) is 5.32 Å². The molecule has 0 aliphatic heterocycles. The first-order valence-corrected chi connectivity index (χ1v) is 5.18. The van der Waals surface area contributed by atoms with Gasteiger partial charge in [-0.1, -0.05) is 13.8 Å². The van der Waals surface area contributed by atoms with E-state index in [4.69, 9.17) is 0 Å². The molecular formula is C12H16F3N. The Labute approximate surface area is 93.7 Å². The first-order valence-electron chi connectivity index (χ1n) is 5.18. The summed E-state index contributed by atoms with van der Waals surface area (Å²) in [5.74, 6) is -2.53. The van der Waals surface area contributed by atoms with Gasteiger partial charge in [-0.05, 0) is 25.4 Å². The molecule has 0 saturated carbocycles. The van der Waals surface area contributed by atoms with Gasteiger partial charge in [-0.2, -0.15) is 0 Å². The van der Waals surface area contributed by atoms with Crippen molar-refractivity contribution in [3.05, 3.63) is 35.1 Å². The average Bonchev–Trinajstić information content (AvgIpc) is 2.12. The summed E-state index contributed by atoms with van der Waals surface area (Å²) in [4.78, 5) is 0. The topological polar surface area (TPSA) is 12.0 Å². The van der Waals surface area contributed by atoms with Crippen LogP contribution in [0.15, 0.2) is 12.1 Å². The van der Waals surface area contributed by atoms with Gasteiger partial charge in [0.05, 0.1) is 0 Å². The lowest BCUT2D eigenvalue weighted by Gasteiger charge is -2.26. The van der Waals surface area contributed by atoms with Crippen LogP contribution in [0.3, 0.4) is 0 Å². The average molecular weight is 231 g/mol. The number of nitrogens with one attached hydrogen (secondary N) is 1. The molecule has 1 nitrogen and oxygen atoms in total. The summed E-state index contributed by atoms with van der Waals surface area (Å²) in [6.45, 7) is 4.12. The van der Waals surface area contributed by atoms with E-state index in [0.29, 0.717) is 13.0 Å². The highest BCUT2D eigenvalue weighted by molar-refractivity contribution is 5.28. The van der Waals surface area contributed by atoms with Crippen LogP contribution in [0.1, 0.15) is 25.8 Å². The summed E-state index contributed by atoms with van der Waals surface area (Å²) >= 11 is 0. The van der Waals surface area contributed by atoms with E-state index < -0.39 is 22.9 Å². The van der Waals surface area contributed by atoms with Gasteiger partial charge in [0, 0.05) is 17.7 Å². The van der Waals surface area contributed by atoms with Gasteiger partial charge in [0.2, 0.25) is 0 Å². The van der Waals surface area contributed by atoms with Crippen LogP contribution in [0, 0.1) is 17.5 Å². The van der Waals surface area contributed by atoms with Crippen LogP contribution in [0.25, 0.3) is 0 Å². The molecule has 0 fully saturated rings. The Morgan fingerprint density at radius 3 is 2.06 bits per heavy atom. The van der Waals surface area contributed by atoms with Gasteiger partial charge in [0.25, 0.3) is 0 Å². The highest BCUT2D eigenvalue weighted by Gasteiger charge is 2.27. The molecule has 90 valence electrons. The van der Waals surface area contributed by atoms with E-state index >= 15 is 0 Å². The lowest BCUT2D eigenvalue weighted by molar-refractivity contribution is 0.410. The molecule has 0 spiro atoms. The van der Waals surface area contributed by atoms with Crippen molar-refractivity contribution in [2.45, 2.75) is 25.7 Å². The molecule has 1 N–H and O–H groups in total. The zero-order valence-corrected chi connectivity index (χ0v) is 9.70. The molecule has 16 heavy (non-hydrogen) atoms. The van der Waals surface area contributed by atoms with E-state index in [-0.39, 0.29) is 5.56 Å². The Morgan fingerprint density at radius 1 is 1.12 bits per heavy atom. The zero-order valence-electron chi connectivity index (χ0n) is 9.70. The van der Waals surface area contributed by atoms with Gasteiger partial charge in [-0.25, -0.2) is 13.2 Å². The molecule has 4 heteroatoms. The van der Waals surface area contributed by atoms with Crippen molar-refractivity contribution in [3.63, 3.8) is 0 Å². The maximum Gasteiger partial charge on any atom is 0.132 e. The Hall–Kier alpha value is -1.03. The lowest BCUT2D eigenvalue weighted by Crippen LogP contribution is -2.26. The Bertz CT molecular complexity index is 352. The van der Waals surface area contributed by atoms with Gasteiger partial charge in [-0.15, -0.1) is 0 Å². The molecule has 0 unspecified atom stereocenters. The maximum atomic E-state index is 13.5. The number of hydrogen-bond acceptors (Lipinski definition) is 1. The fraction of sp³-hybridized carbons (Fsp3) is 0.500. The van der Waals surface area contributed by atoms with Crippen molar-refractivity contribution in [2.75, 3.05) is 13.6 Å². The van der Waals surface area contributed by atoms with E-state index in [1.54, 1.807) is 20.9 Å². The molecular weight excluding hydrogens is 215 g/mol. The third kappa shape index (κ3) is 2.76. The van der Waals surface area contributed by atoms with Crippen molar-refractivity contribution in [3.8, 4) is 0 Å². The normalized spacial score (nSPS) is 11.9. The van der Waals surface area contributed by atoms with Crippen molar-refractivity contribution < 1.29 is 13.2 Å². The van der Waals surface area contributed by atoms with Crippen LogP contribution < -0.4 is 5.32 Å². The van der Waals surface area contributed by atoms with Crippen LogP contribution in [0.5, 0.6) is 0 Å². The van der Waals surface area contributed by atoms with Crippen LogP contribution in [-0.2, 0) is 5.41 Å². The van der Waals surface area contributed by atoms with Gasteiger partial charge < -0.3 is 5.32 Å². The van der Waals surface area contributed by atoms with Gasteiger partial charge in [0.1, 0.15) is 17.5 Å². The van der Waals surface area contributed by atoms with Gasteiger partial charge in [-0.3, -0.25) is 0 Å². The third-order valence-electron chi connectivity index (χ3n) is 2.68. The predicted octanol–water partition coefficient (Wildman–Crippen LogP) is 2.99. The van der Waals surface area contributed by atoms with Crippen molar-refractivity contribution in [1.29, 1.82) is 0 Å². The summed E-state index contributed by atoms with van der Waals surface area (Å²) < 4.78 is 39.8. The van der Waals surface area contributed by atoms with Gasteiger partial charge in [0.15, 0.2) is 0 Å². The first kappa shape index (κ1) is 13.0. The quantitative estimate of drug-likeness (QED) is 0.840. The second-order valence-electron chi connectivity index (χ2n) is 4.48. The van der Waals surface area contributed by atoms with E-state index in [1.807, 2.05) is 0 Å². The summed E-state index contributed by atoms with van der Waals surface area (Å²) in [6.07, 6.45) is 0.572. The molecule has 0 atom stereocenters. The van der Waals surface area contributed by atoms with Gasteiger partial charge >= 0.3 is 0 Å². The number of hydrogen-bond donors (Lipinski definition) is 1. The van der Waals surface area contributed by atoms with Crippen LogP contribution in [0.2, 0.25) is 0 Å². The second kappa shape index (κ2) is 4.87. The summed E-state index contributed by atoms with van der Waals surface area (Å²) in [5.41, 5.74) is -0.714. The van der Waals surface area contributed by atoms with Crippen molar-refractivity contribution in [1.82, 2.24) is 5.32 Å². The first-order chi connectivity index (χ1) is 7.38. The minimum atomic E-state index is -0.886. The van der Waals surface area contributed by atoms with E-state index in [0.717, 1.165) is 12.1 Å². The minimum absolute atomic E-state index is 0.0517. The predicted molar refractivity (Wildman–Crippen MR) is 57.9 cm³/mol. The molecule has 0 aliphatic rings. The Balaban J connectivity index is 3.11. The SMILES string of the molecule is CNCCC(C)(C)c1c(F)cc(F)cc1F. The number of rotatable bonds is 4. The van der Waals surface area contributed by atoms with Crippen LogP contribution in [-0.4, -0.2) is 13.6 Å². The molecule has 0 aromatic heterocycles. The molecule has 0 radical (unpaired) electrons. The third-order valence-corrected chi connectivity index (χ3v) is 2.68. The molecule has 1 rings (SSSR count). The largest absolute Gasteiger partial charge is 0.320 e. The maximum absolute atomic E-state index is 13.5. The van der Waals surface area contributed by atoms with E-state index in [1.165, 1.54) is 0 Å². The summed E-state index contributed by atoms with van der Waals surface area (Å²) in [5, 5.41) is 2.92. The van der Waals surface area contributed by atoms with Crippen molar-refractivity contribution in [2.24, 2.45) is 0 Å². The number of benzene rings is 1. The summed E-state index contributed by atoms with van der Waals surface area (Å²) in [6, 6.07) is 1.44. The smallest absolute Gasteiger partial charge is 0.132 e. The second-order valence-corrected chi connectivity index (χ2v) is 4.48. The molecule has 1 aromatic rings. The molecule has 0 aliphatic carbocycles. The van der Waals surface area contributed by atoms with Crippen molar-refractivity contribution >= 4 is 0 Å². The molecule has 0 heterocycles. The molecule has 0 saturated heterocycles. The summed E-state index contributed by atoms with van der Waals surface area (Å²) in [7, 11) is 1.77. The zero-order chi connectivity index (χ0) is 12.3. The minimum Gasteiger partial charge on any atom is -0.320 e. The standard InChI is InChI=1S/C12H16F3N/c1-12(2,4-5-16-3)11-9(14)6-8(13)7-10(11)15/h6-7,16H,4-5H2,1-3H3. The molecule has 1 aromatic carbocycles. The van der Waals surface area contributed by atoms with E-state index in [9.17, 15) is 13.2 Å². The monoisotopic (exact) mass is 231 g/mol. The lowest BCUT2D eigenvalue weighted by atomic mass is 9.81. The Kier molecular flexibility index (Phi) is 3.97. The van der Waals surface area contributed by atoms with Crippen LogP contribution >= 0.6 is 0 Å². The molecule has 0 bridgehead atoms. The highest BCUT2D eigenvalue weighted by Crippen LogP contribution is 2.31. The highest BCUT2D eigenvalue weighted by atomic mass is 19.1. The Morgan fingerprint density at radius 2 is 1.62 bits per heavy atom. The fourth-order valence-electron chi connectivity index (χ4n) is 1.75. The fourth-order valence-corrected chi connectivity index (χ4v) is 1.75.